The summed E-state index contributed by atoms with van der Waals surface area (Å²) in [6, 6.07) is 0.166. The third-order valence-electron chi connectivity index (χ3n) is 2.92. The zero-order chi connectivity index (χ0) is 10.7. The van der Waals surface area contributed by atoms with Crippen LogP contribution in [0.25, 0.3) is 0 Å². The molecule has 0 amide bonds. The highest BCUT2D eigenvalue weighted by Gasteiger charge is 2.22. The number of aliphatic hydroxyl groups is 1. The van der Waals surface area contributed by atoms with Gasteiger partial charge in [0.1, 0.15) is 0 Å². The molecule has 0 bridgehead atoms. The summed E-state index contributed by atoms with van der Waals surface area (Å²) < 4.78 is 0. The summed E-state index contributed by atoms with van der Waals surface area (Å²) in [7, 11) is 0. The van der Waals surface area contributed by atoms with Crippen LogP contribution in [0.2, 0.25) is 0 Å². The van der Waals surface area contributed by atoms with Crippen molar-refractivity contribution in [1.82, 2.24) is 10.3 Å². The predicted octanol–water partition coefficient (Wildman–Crippen LogP) is 1.88. The lowest BCUT2D eigenvalue weighted by atomic mass is 9.86. The quantitative estimate of drug-likeness (QED) is 0.806. The molecule has 4 heteroatoms. The molecular weight excluding hydrogens is 208 g/mol. The van der Waals surface area contributed by atoms with Crippen LogP contribution in [0.3, 0.4) is 0 Å². The summed E-state index contributed by atoms with van der Waals surface area (Å²) in [5.74, 6) is 0.735. The topological polar surface area (TPSA) is 45.1 Å². The molecule has 1 aliphatic carbocycles. The van der Waals surface area contributed by atoms with Gasteiger partial charge in [0.25, 0.3) is 0 Å². The van der Waals surface area contributed by atoms with E-state index < -0.39 is 0 Å². The first kappa shape index (κ1) is 11.0. The first-order valence-electron chi connectivity index (χ1n) is 5.58. The van der Waals surface area contributed by atoms with Crippen molar-refractivity contribution in [2.24, 2.45) is 0 Å². The summed E-state index contributed by atoms with van der Waals surface area (Å²) >= 11 is 1.81. The molecule has 0 aliphatic heterocycles. The molecule has 1 heterocycles. The second kappa shape index (κ2) is 5.05. The second-order valence-corrected chi connectivity index (χ2v) is 5.40. The van der Waals surface area contributed by atoms with Crippen molar-refractivity contribution in [3.8, 4) is 0 Å². The first-order valence-corrected chi connectivity index (χ1v) is 6.40. The molecule has 15 heavy (non-hydrogen) atoms. The molecule has 1 atom stereocenters. The molecule has 1 fully saturated rings. The molecular formula is C11H18N2OS. The average molecular weight is 226 g/mol. The smallest absolute Gasteiger partial charge is 0.0959 e. The van der Waals surface area contributed by atoms with Crippen molar-refractivity contribution >= 4 is 11.3 Å². The predicted molar refractivity (Wildman–Crippen MR) is 62.1 cm³/mol. The molecule has 0 aromatic carbocycles. The third-order valence-corrected chi connectivity index (χ3v) is 4.08. The highest BCUT2D eigenvalue weighted by Crippen LogP contribution is 2.38. The van der Waals surface area contributed by atoms with Gasteiger partial charge in [-0.2, -0.15) is 0 Å². The largest absolute Gasteiger partial charge is 0.395 e. The fourth-order valence-electron chi connectivity index (χ4n) is 1.59. The second-order valence-electron chi connectivity index (χ2n) is 4.26. The molecule has 3 nitrogen and oxygen atoms in total. The molecule has 1 aromatic heterocycles. The molecule has 1 unspecified atom stereocenters. The van der Waals surface area contributed by atoms with Crippen LogP contribution in [0.4, 0.5) is 0 Å². The number of hydrogen-bond donors (Lipinski definition) is 2. The van der Waals surface area contributed by atoms with Crippen molar-refractivity contribution in [1.29, 1.82) is 0 Å². The van der Waals surface area contributed by atoms with E-state index in [0.717, 1.165) is 12.5 Å². The van der Waals surface area contributed by atoms with Gasteiger partial charge in [0.15, 0.2) is 0 Å². The number of aromatic nitrogens is 1. The van der Waals surface area contributed by atoms with Crippen molar-refractivity contribution in [2.75, 3.05) is 6.61 Å². The van der Waals surface area contributed by atoms with Crippen LogP contribution in [-0.2, 0) is 6.54 Å². The Morgan fingerprint density at radius 3 is 3.07 bits per heavy atom. The molecule has 2 rings (SSSR count). The molecule has 1 aromatic rings. The summed E-state index contributed by atoms with van der Waals surface area (Å²) in [4.78, 5) is 5.73. The number of hydrogen-bond acceptors (Lipinski definition) is 4. The lowest BCUT2D eigenvalue weighted by molar-refractivity contribution is 0.251. The Balaban J connectivity index is 1.84. The van der Waals surface area contributed by atoms with E-state index in [0.29, 0.717) is 0 Å². The lowest BCUT2D eigenvalue weighted by Gasteiger charge is -2.22. The summed E-state index contributed by atoms with van der Waals surface area (Å²) in [6.45, 7) is 2.99. The van der Waals surface area contributed by atoms with Crippen LogP contribution in [0, 0.1) is 0 Å². The Labute approximate surface area is 94.5 Å². The lowest BCUT2D eigenvalue weighted by Crippen LogP contribution is -2.28. The van der Waals surface area contributed by atoms with Gasteiger partial charge in [-0.15, -0.1) is 11.3 Å². The molecule has 0 saturated heterocycles. The van der Waals surface area contributed by atoms with Crippen molar-refractivity contribution in [3.63, 3.8) is 0 Å². The zero-order valence-electron chi connectivity index (χ0n) is 9.07. The van der Waals surface area contributed by atoms with Gasteiger partial charge in [-0.05, 0) is 19.8 Å². The Bertz CT molecular complexity index is 309. The van der Waals surface area contributed by atoms with E-state index in [4.69, 9.17) is 5.11 Å². The summed E-state index contributed by atoms with van der Waals surface area (Å²) in [6.07, 6.45) is 5.95. The van der Waals surface area contributed by atoms with Crippen molar-refractivity contribution in [2.45, 2.75) is 44.7 Å². The van der Waals surface area contributed by atoms with Crippen LogP contribution in [-0.4, -0.2) is 22.7 Å². The van der Waals surface area contributed by atoms with Gasteiger partial charge in [0.05, 0.1) is 11.6 Å². The van der Waals surface area contributed by atoms with Gasteiger partial charge in [-0.25, -0.2) is 4.98 Å². The molecule has 1 saturated carbocycles. The van der Waals surface area contributed by atoms with Crippen LogP contribution in [0.1, 0.15) is 42.0 Å². The zero-order valence-corrected chi connectivity index (χ0v) is 9.89. The normalized spacial score (nSPS) is 18.8. The molecule has 84 valence electrons. The van der Waals surface area contributed by atoms with E-state index in [9.17, 15) is 0 Å². The van der Waals surface area contributed by atoms with E-state index in [1.807, 2.05) is 24.5 Å². The maximum Gasteiger partial charge on any atom is 0.0959 e. The molecule has 2 N–H and O–H groups in total. The molecule has 0 spiro atoms. The minimum absolute atomic E-state index is 0.166. The maximum atomic E-state index is 8.88. The summed E-state index contributed by atoms with van der Waals surface area (Å²) in [5, 5.41) is 13.4. The van der Waals surface area contributed by atoms with Crippen LogP contribution in [0.5, 0.6) is 0 Å². The number of thiazole rings is 1. The fraction of sp³-hybridized carbons (Fsp3) is 0.727. The fourth-order valence-corrected chi connectivity index (χ4v) is 2.62. The highest BCUT2D eigenvalue weighted by atomic mass is 32.1. The third kappa shape index (κ3) is 2.77. The Kier molecular flexibility index (Phi) is 3.72. The van der Waals surface area contributed by atoms with E-state index in [2.05, 4.69) is 10.3 Å². The van der Waals surface area contributed by atoms with E-state index in [-0.39, 0.29) is 12.6 Å². The average Bonchev–Trinajstić information content (AvgIpc) is 2.60. The number of aliphatic hydroxyl groups excluding tert-OH is 1. The Hall–Kier alpha value is -0.450. The standard InChI is InChI=1S/C11H18N2OS/c1-8(7-14)12-5-10-6-13-11(15-10)9-3-2-4-9/h6,8-9,12,14H,2-5,7H2,1H3. The highest BCUT2D eigenvalue weighted by molar-refractivity contribution is 7.11. The van der Waals surface area contributed by atoms with Gasteiger partial charge in [-0.1, -0.05) is 6.42 Å². The Morgan fingerprint density at radius 1 is 1.67 bits per heavy atom. The van der Waals surface area contributed by atoms with Crippen molar-refractivity contribution in [3.05, 3.63) is 16.1 Å². The number of rotatable bonds is 5. The van der Waals surface area contributed by atoms with E-state index >= 15 is 0 Å². The van der Waals surface area contributed by atoms with E-state index in [1.54, 1.807) is 0 Å². The van der Waals surface area contributed by atoms with E-state index in [1.165, 1.54) is 29.1 Å². The minimum Gasteiger partial charge on any atom is -0.395 e. The van der Waals surface area contributed by atoms with Gasteiger partial charge in [0, 0.05) is 29.6 Å². The van der Waals surface area contributed by atoms with Gasteiger partial charge in [0.2, 0.25) is 0 Å². The van der Waals surface area contributed by atoms with Gasteiger partial charge < -0.3 is 10.4 Å². The molecule has 1 aliphatic rings. The van der Waals surface area contributed by atoms with Crippen molar-refractivity contribution < 1.29 is 5.11 Å². The first-order chi connectivity index (χ1) is 7.29. The van der Waals surface area contributed by atoms with Crippen LogP contribution < -0.4 is 5.32 Å². The maximum absolute atomic E-state index is 8.88. The number of nitrogens with zero attached hydrogens (tertiary/aromatic N) is 1. The van der Waals surface area contributed by atoms with Crippen LogP contribution in [0.15, 0.2) is 6.20 Å². The molecule has 0 radical (unpaired) electrons. The minimum atomic E-state index is 0.166. The number of nitrogens with one attached hydrogen (secondary N) is 1. The SMILES string of the molecule is CC(CO)NCc1cnc(C2CCC2)s1. The van der Waals surface area contributed by atoms with Gasteiger partial charge in [-0.3, -0.25) is 0 Å². The van der Waals surface area contributed by atoms with Crippen LogP contribution >= 0.6 is 11.3 Å². The Morgan fingerprint density at radius 2 is 2.47 bits per heavy atom. The summed E-state index contributed by atoms with van der Waals surface area (Å²) in [5.41, 5.74) is 0. The monoisotopic (exact) mass is 226 g/mol. The van der Waals surface area contributed by atoms with Gasteiger partial charge >= 0.3 is 0 Å².